The van der Waals surface area contributed by atoms with Gasteiger partial charge in [0, 0.05) is 0 Å². The Morgan fingerprint density at radius 2 is 2.00 bits per heavy atom. The maximum Gasteiger partial charge on any atom is 0.313 e. The molecule has 96 valence electrons. The quantitative estimate of drug-likeness (QED) is 0.821. The lowest BCUT2D eigenvalue weighted by Gasteiger charge is -2.32. The molecule has 0 aromatic heterocycles. The molecule has 0 unspecified atom stereocenters. The standard InChI is InChI=1S/C13H12F2O3/c14-13(15)10(16)8-12(17)18-11(13)7-6-9-4-2-1-3-5-9/h1-7,10-11,16H,8H2/b7-6+/t10-,11+/m0/s1. The molecule has 0 bridgehead atoms. The minimum absolute atomic E-state index is 0.678. The molecule has 1 heterocycles. The van der Waals surface area contributed by atoms with E-state index in [9.17, 15) is 18.7 Å². The summed E-state index contributed by atoms with van der Waals surface area (Å²) in [6.45, 7) is 0. The van der Waals surface area contributed by atoms with Gasteiger partial charge in [0.25, 0.3) is 0 Å². The van der Waals surface area contributed by atoms with Crippen molar-refractivity contribution in [1.29, 1.82) is 0 Å². The number of aliphatic hydroxyl groups is 1. The molecule has 1 aliphatic heterocycles. The number of rotatable bonds is 2. The number of ether oxygens (including phenoxy) is 1. The van der Waals surface area contributed by atoms with Gasteiger partial charge in [0.15, 0.2) is 6.10 Å². The van der Waals surface area contributed by atoms with E-state index >= 15 is 0 Å². The third-order valence-corrected chi connectivity index (χ3v) is 2.71. The summed E-state index contributed by atoms with van der Waals surface area (Å²) in [6, 6.07) is 8.79. The molecular formula is C13H12F2O3. The Morgan fingerprint density at radius 3 is 2.67 bits per heavy atom. The van der Waals surface area contributed by atoms with Gasteiger partial charge in [0.05, 0.1) is 6.42 Å². The highest BCUT2D eigenvalue weighted by Gasteiger charge is 2.52. The highest BCUT2D eigenvalue weighted by Crippen LogP contribution is 2.33. The minimum atomic E-state index is -3.46. The molecule has 18 heavy (non-hydrogen) atoms. The van der Waals surface area contributed by atoms with Crippen molar-refractivity contribution in [2.45, 2.75) is 24.6 Å². The molecule has 0 saturated carbocycles. The number of hydrogen-bond donors (Lipinski definition) is 1. The number of carbonyl (C=O) groups is 1. The lowest BCUT2D eigenvalue weighted by atomic mass is 9.99. The molecule has 2 atom stereocenters. The molecule has 1 saturated heterocycles. The van der Waals surface area contributed by atoms with Gasteiger partial charge in [-0.3, -0.25) is 4.79 Å². The average molecular weight is 254 g/mol. The zero-order chi connectivity index (χ0) is 13.2. The van der Waals surface area contributed by atoms with Gasteiger partial charge in [0.2, 0.25) is 0 Å². The first kappa shape index (κ1) is 12.7. The molecular weight excluding hydrogens is 242 g/mol. The molecule has 0 aliphatic carbocycles. The van der Waals surface area contributed by atoms with Crippen LogP contribution in [0.25, 0.3) is 6.08 Å². The molecule has 0 spiro atoms. The van der Waals surface area contributed by atoms with Crippen LogP contribution in [-0.2, 0) is 9.53 Å². The summed E-state index contributed by atoms with van der Waals surface area (Å²) in [5.41, 5.74) is 0.712. The zero-order valence-electron chi connectivity index (χ0n) is 9.42. The molecule has 3 nitrogen and oxygen atoms in total. The van der Waals surface area contributed by atoms with E-state index in [4.69, 9.17) is 0 Å². The second-order valence-electron chi connectivity index (χ2n) is 4.07. The van der Waals surface area contributed by atoms with E-state index in [1.54, 1.807) is 30.3 Å². The number of hydrogen-bond acceptors (Lipinski definition) is 3. The van der Waals surface area contributed by atoms with Crippen LogP contribution in [0.4, 0.5) is 8.78 Å². The van der Waals surface area contributed by atoms with Crippen LogP contribution in [0.1, 0.15) is 12.0 Å². The topological polar surface area (TPSA) is 46.5 Å². The minimum Gasteiger partial charge on any atom is -0.451 e. The maximum absolute atomic E-state index is 13.6. The zero-order valence-corrected chi connectivity index (χ0v) is 9.42. The van der Waals surface area contributed by atoms with Crippen molar-refractivity contribution < 1.29 is 23.4 Å². The van der Waals surface area contributed by atoms with Crippen molar-refractivity contribution in [2.75, 3.05) is 0 Å². The molecule has 0 amide bonds. The van der Waals surface area contributed by atoms with Gasteiger partial charge in [-0.05, 0) is 11.6 Å². The van der Waals surface area contributed by atoms with Gasteiger partial charge in [-0.2, -0.15) is 8.78 Å². The predicted molar refractivity (Wildman–Crippen MR) is 60.9 cm³/mol. The summed E-state index contributed by atoms with van der Waals surface area (Å²) >= 11 is 0. The molecule has 1 fully saturated rings. The summed E-state index contributed by atoms with van der Waals surface area (Å²) in [5, 5.41) is 9.19. The van der Waals surface area contributed by atoms with Crippen molar-refractivity contribution in [1.82, 2.24) is 0 Å². The van der Waals surface area contributed by atoms with Crippen LogP contribution < -0.4 is 0 Å². The third kappa shape index (κ3) is 2.56. The highest BCUT2D eigenvalue weighted by atomic mass is 19.3. The second kappa shape index (κ2) is 4.86. The van der Waals surface area contributed by atoms with Crippen molar-refractivity contribution in [3.05, 3.63) is 42.0 Å². The van der Waals surface area contributed by atoms with E-state index in [0.29, 0.717) is 5.56 Å². The van der Waals surface area contributed by atoms with Crippen LogP contribution in [-0.4, -0.2) is 29.2 Å². The SMILES string of the molecule is O=C1C[C@H](O)C(F)(F)[C@@H](/C=C/c2ccccc2)O1. The number of benzene rings is 1. The summed E-state index contributed by atoms with van der Waals surface area (Å²) in [6.07, 6.45) is -1.87. The van der Waals surface area contributed by atoms with E-state index in [1.807, 2.05) is 0 Å². The Bertz CT molecular complexity index is 457. The Labute approximate surface area is 103 Å². The van der Waals surface area contributed by atoms with Gasteiger partial charge in [-0.25, -0.2) is 0 Å². The fraction of sp³-hybridized carbons (Fsp3) is 0.308. The average Bonchev–Trinajstić information content (AvgIpc) is 2.34. The Balaban J connectivity index is 2.16. The van der Waals surface area contributed by atoms with E-state index in [-0.39, 0.29) is 0 Å². The van der Waals surface area contributed by atoms with Gasteiger partial charge < -0.3 is 9.84 Å². The molecule has 2 rings (SSSR count). The monoisotopic (exact) mass is 254 g/mol. The highest BCUT2D eigenvalue weighted by molar-refractivity contribution is 5.72. The fourth-order valence-electron chi connectivity index (χ4n) is 1.68. The van der Waals surface area contributed by atoms with Crippen molar-refractivity contribution in [3.63, 3.8) is 0 Å². The van der Waals surface area contributed by atoms with Gasteiger partial charge >= 0.3 is 11.9 Å². The van der Waals surface area contributed by atoms with Crippen LogP contribution in [0.2, 0.25) is 0 Å². The molecule has 1 N–H and O–H groups in total. The van der Waals surface area contributed by atoms with Gasteiger partial charge in [-0.15, -0.1) is 0 Å². The van der Waals surface area contributed by atoms with Crippen LogP contribution in [0.15, 0.2) is 36.4 Å². The summed E-state index contributed by atoms with van der Waals surface area (Å²) < 4.78 is 31.7. The maximum atomic E-state index is 13.6. The van der Waals surface area contributed by atoms with Crippen LogP contribution in [0, 0.1) is 0 Å². The number of aliphatic hydroxyl groups excluding tert-OH is 1. The first-order valence-electron chi connectivity index (χ1n) is 5.49. The third-order valence-electron chi connectivity index (χ3n) is 2.71. The van der Waals surface area contributed by atoms with Gasteiger partial charge in [0.1, 0.15) is 6.10 Å². The molecule has 1 aromatic carbocycles. The summed E-state index contributed by atoms with van der Waals surface area (Å²) in [7, 11) is 0. The van der Waals surface area contributed by atoms with Crippen molar-refractivity contribution >= 4 is 12.0 Å². The fourth-order valence-corrected chi connectivity index (χ4v) is 1.68. The molecule has 5 heteroatoms. The lowest BCUT2D eigenvalue weighted by molar-refractivity contribution is -0.215. The Kier molecular flexibility index (Phi) is 3.43. The normalized spacial score (nSPS) is 27.2. The number of esters is 1. The first-order valence-corrected chi connectivity index (χ1v) is 5.49. The van der Waals surface area contributed by atoms with Gasteiger partial charge in [-0.1, -0.05) is 36.4 Å². The van der Waals surface area contributed by atoms with E-state index in [1.165, 1.54) is 6.08 Å². The van der Waals surface area contributed by atoms with E-state index < -0.39 is 30.5 Å². The Hall–Kier alpha value is -1.75. The van der Waals surface area contributed by atoms with E-state index in [2.05, 4.69) is 4.74 Å². The van der Waals surface area contributed by atoms with Crippen LogP contribution >= 0.6 is 0 Å². The molecule has 1 aliphatic rings. The smallest absolute Gasteiger partial charge is 0.313 e. The van der Waals surface area contributed by atoms with Crippen LogP contribution in [0.3, 0.4) is 0 Å². The second-order valence-corrected chi connectivity index (χ2v) is 4.07. The summed E-state index contributed by atoms with van der Waals surface area (Å²) in [4.78, 5) is 11.0. The number of cyclic esters (lactones) is 1. The van der Waals surface area contributed by atoms with E-state index in [0.717, 1.165) is 6.08 Å². The first-order chi connectivity index (χ1) is 8.50. The predicted octanol–water partition coefficient (Wildman–Crippen LogP) is 2.01. The summed E-state index contributed by atoms with van der Waals surface area (Å²) in [5.74, 6) is -4.28. The van der Waals surface area contributed by atoms with Crippen molar-refractivity contribution in [3.8, 4) is 0 Å². The van der Waals surface area contributed by atoms with Crippen molar-refractivity contribution in [2.24, 2.45) is 0 Å². The number of alkyl halides is 2. The lowest BCUT2D eigenvalue weighted by Crippen LogP contribution is -2.51. The largest absolute Gasteiger partial charge is 0.451 e. The number of halogens is 2. The molecule has 0 radical (unpaired) electrons. The Morgan fingerprint density at radius 1 is 1.33 bits per heavy atom. The number of carbonyl (C=O) groups excluding carboxylic acids is 1. The molecule has 1 aromatic rings. The van der Waals surface area contributed by atoms with Crippen LogP contribution in [0.5, 0.6) is 0 Å².